The van der Waals surface area contributed by atoms with Crippen LogP contribution in [0.4, 0.5) is 0 Å². The Labute approximate surface area is 144 Å². The number of hydrogen-bond donors (Lipinski definition) is 2. The van der Waals surface area contributed by atoms with Crippen LogP contribution in [0.1, 0.15) is 12.0 Å². The third kappa shape index (κ3) is 4.69. The van der Waals surface area contributed by atoms with E-state index in [4.69, 9.17) is 4.74 Å². The summed E-state index contributed by atoms with van der Waals surface area (Å²) < 4.78 is 5.21. The highest BCUT2D eigenvalue weighted by Crippen LogP contribution is 2.13. The molecule has 1 aromatic rings. The molecule has 2 aliphatic rings. The lowest BCUT2D eigenvalue weighted by Gasteiger charge is -2.37. The standard InChI is InChI=1S/C18H28N4O2/c1-24-17-4-2-3-15(11-17)12-20-18(23)14-21-7-9-22(10-8-21)16-5-6-19-13-16/h2-4,11,16,19H,5-10,12-14H2,1H3,(H,20,23). The molecule has 1 atom stereocenters. The van der Waals surface area contributed by atoms with Gasteiger partial charge >= 0.3 is 0 Å². The summed E-state index contributed by atoms with van der Waals surface area (Å²) in [4.78, 5) is 17.0. The van der Waals surface area contributed by atoms with Gasteiger partial charge in [-0.2, -0.15) is 0 Å². The summed E-state index contributed by atoms with van der Waals surface area (Å²) in [7, 11) is 1.65. The van der Waals surface area contributed by atoms with Gasteiger partial charge in [-0.05, 0) is 30.7 Å². The fourth-order valence-electron chi connectivity index (χ4n) is 3.48. The van der Waals surface area contributed by atoms with E-state index in [0.29, 0.717) is 19.1 Å². The van der Waals surface area contributed by atoms with Gasteiger partial charge in [0.2, 0.25) is 5.91 Å². The van der Waals surface area contributed by atoms with Crippen molar-refractivity contribution < 1.29 is 9.53 Å². The van der Waals surface area contributed by atoms with E-state index in [2.05, 4.69) is 20.4 Å². The predicted molar refractivity (Wildman–Crippen MR) is 94.1 cm³/mol. The minimum Gasteiger partial charge on any atom is -0.497 e. The van der Waals surface area contributed by atoms with E-state index < -0.39 is 0 Å². The summed E-state index contributed by atoms with van der Waals surface area (Å²) in [5.41, 5.74) is 1.06. The molecule has 1 unspecified atom stereocenters. The van der Waals surface area contributed by atoms with Crippen molar-refractivity contribution in [1.82, 2.24) is 20.4 Å². The number of carbonyl (C=O) groups excluding carboxylic acids is 1. The van der Waals surface area contributed by atoms with Crippen molar-refractivity contribution in [1.29, 1.82) is 0 Å². The zero-order valence-corrected chi connectivity index (χ0v) is 14.5. The summed E-state index contributed by atoms with van der Waals surface area (Å²) >= 11 is 0. The van der Waals surface area contributed by atoms with E-state index in [1.54, 1.807) is 7.11 Å². The number of benzene rings is 1. The van der Waals surface area contributed by atoms with Crippen LogP contribution in [0.15, 0.2) is 24.3 Å². The average Bonchev–Trinajstić information content (AvgIpc) is 3.15. The Balaban J connectivity index is 1.37. The monoisotopic (exact) mass is 332 g/mol. The summed E-state index contributed by atoms with van der Waals surface area (Å²) in [5, 5.41) is 6.43. The number of rotatable bonds is 6. The molecule has 2 heterocycles. The number of methoxy groups -OCH3 is 1. The van der Waals surface area contributed by atoms with Crippen LogP contribution in [0.5, 0.6) is 5.75 Å². The molecule has 1 aromatic carbocycles. The molecule has 6 nitrogen and oxygen atoms in total. The predicted octanol–water partition coefficient (Wildman–Crippen LogP) is 0.291. The zero-order valence-electron chi connectivity index (χ0n) is 14.5. The SMILES string of the molecule is COc1cccc(CNC(=O)CN2CCN(C3CCNC3)CC2)c1. The normalized spacial score (nSPS) is 22.5. The maximum atomic E-state index is 12.2. The van der Waals surface area contributed by atoms with Crippen LogP contribution in [0.3, 0.4) is 0 Å². The first kappa shape index (κ1) is 17.2. The second-order valence-corrected chi connectivity index (χ2v) is 6.59. The van der Waals surface area contributed by atoms with E-state index in [1.807, 2.05) is 24.3 Å². The minimum atomic E-state index is 0.0915. The first-order valence-corrected chi connectivity index (χ1v) is 8.81. The van der Waals surface area contributed by atoms with E-state index in [0.717, 1.165) is 50.6 Å². The van der Waals surface area contributed by atoms with Crippen molar-refractivity contribution in [2.45, 2.75) is 19.0 Å². The Morgan fingerprint density at radius 2 is 2.17 bits per heavy atom. The van der Waals surface area contributed by atoms with E-state index in [1.165, 1.54) is 6.42 Å². The molecule has 0 spiro atoms. The lowest BCUT2D eigenvalue weighted by molar-refractivity contribution is -0.122. The lowest BCUT2D eigenvalue weighted by atomic mass is 10.2. The molecule has 1 amide bonds. The molecule has 2 fully saturated rings. The molecule has 0 aromatic heterocycles. The largest absolute Gasteiger partial charge is 0.497 e. The van der Waals surface area contributed by atoms with Crippen molar-refractivity contribution in [3.8, 4) is 5.75 Å². The Bertz CT molecular complexity index is 538. The van der Waals surface area contributed by atoms with Crippen LogP contribution in [-0.4, -0.2) is 74.7 Å². The van der Waals surface area contributed by atoms with Gasteiger partial charge in [-0.15, -0.1) is 0 Å². The molecule has 3 rings (SSSR count). The molecule has 24 heavy (non-hydrogen) atoms. The number of piperazine rings is 1. The van der Waals surface area contributed by atoms with Gasteiger partial charge in [-0.25, -0.2) is 0 Å². The van der Waals surface area contributed by atoms with Crippen molar-refractivity contribution >= 4 is 5.91 Å². The summed E-state index contributed by atoms with van der Waals surface area (Å²) in [6.07, 6.45) is 1.25. The molecule has 2 saturated heterocycles. The molecule has 2 aliphatic heterocycles. The third-order valence-corrected chi connectivity index (χ3v) is 4.95. The molecule has 0 radical (unpaired) electrons. The zero-order chi connectivity index (χ0) is 16.8. The second-order valence-electron chi connectivity index (χ2n) is 6.59. The van der Waals surface area contributed by atoms with Crippen LogP contribution in [0.25, 0.3) is 0 Å². The highest BCUT2D eigenvalue weighted by Gasteiger charge is 2.26. The van der Waals surface area contributed by atoms with Gasteiger partial charge in [0, 0.05) is 45.3 Å². The van der Waals surface area contributed by atoms with Crippen molar-refractivity contribution in [2.75, 3.05) is 52.9 Å². The van der Waals surface area contributed by atoms with E-state index in [9.17, 15) is 4.79 Å². The van der Waals surface area contributed by atoms with Crippen LogP contribution >= 0.6 is 0 Å². The summed E-state index contributed by atoms with van der Waals surface area (Å²) in [6, 6.07) is 8.49. The van der Waals surface area contributed by atoms with Gasteiger partial charge in [0.1, 0.15) is 5.75 Å². The Hall–Kier alpha value is -1.63. The maximum absolute atomic E-state index is 12.2. The summed E-state index contributed by atoms with van der Waals surface area (Å²) in [5.74, 6) is 0.910. The highest BCUT2D eigenvalue weighted by molar-refractivity contribution is 5.78. The van der Waals surface area contributed by atoms with Gasteiger partial charge in [-0.3, -0.25) is 14.6 Å². The fourth-order valence-corrected chi connectivity index (χ4v) is 3.48. The number of ether oxygens (including phenoxy) is 1. The highest BCUT2D eigenvalue weighted by atomic mass is 16.5. The van der Waals surface area contributed by atoms with Crippen molar-refractivity contribution in [2.24, 2.45) is 0 Å². The number of carbonyl (C=O) groups is 1. The van der Waals surface area contributed by atoms with E-state index in [-0.39, 0.29) is 5.91 Å². The smallest absolute Gasteiger partial charge is 0.234 e. The van der Waals surface area contributed by atoms with E-state index >= 15 is 0 Å². The molecule has 0 saturated carbocycles. The minimum absolute atomic E-state index is 0.0915. The van der Waals surface area contributed by atoms with Crippen LogP contribution < -0.4 is 15.4 Å². The lowest BCUT2D eigenvalue weighted by Crippen LogP contribution is -2.52. The van der Waals surface area contributed by atoms with Crippen LogP contribution in [0, 0.1) is 0 Å². The third-order valence-electron chi connectivity index (χ3n) is 4.95. The van der Waals surface area contributed by atoms with Gasteiger partial charge in [0.05, 0.1) is 13.7 Å². The number of nitrogens with zero attached hydrogens (tertiary/aromatic N) is 2. The number of hydrogen-bond acceptors (Lipinski definition) is 5. The van der Waals surface area contributed by atoms with Gasteiger partial charge < -0.3 is 15.4 Å². The number of amides is 1. The fraction of sp³-hybridized carbons (Fsp3) is 0.611. The Kier molecular flexibility index (Phi) is 6.07. The molecule has 2 N–H and O–H groups in total. The molecule has 6 heteroatoms. The summed E-state index contributed by atoms with van der Waals surface area (Å²) in [6.45, 7) is 7.36. The van der Waals surface area contributed by atoms with Crippen LogP contribution in [0.2, 0.25) is 0 Å². The molecule has 0 bridgehead atoms. The molecule has 0 aliphatic carbocycles. The molecule has 132 valence electrons. The van der Waals surface area contributed by atoms with Gasteiger partial charge in [-0.1, -0.05) is 12.1 Å². The first-order valence-electron chi connectivity index (χ1n) is 8.81. The second kappa shape index (κ2) is 8.46. The topological polar surface area (TPSA) is 56.8 Å². The van der Waals surface area contributed by atoms with Crippen molar-refractivity contribution in [3.63, 3.8) is 0 Å². The van der Waals surface area contributed by atoms with Crippen molar-refractivity contribution in [3.05, 3.63) is 29.8 Å². The Morgan fingerprint density at radius 3 is 2.88 bits per heavy atom. The first-order chi connectivity index (χ1) is 11.7. The van der Waals surface area contributed by atoms with Gasteiger partial charge in [0.25, 0.3) is 0 Å². The average molecular weight is 332 g/mol. The maximum Gasteiger partial charge on any atom is 0.234 e. The number of nitrogens with one attached hydrogen (secondary N) is 2. The molecular weight excluding hydrogens is 304 g/mol. The molecular formula is C18H28N4O2. The quantitative estimate of drug-likeness (QED) is 0.784. The Morgan fingerprint density at radius 1 is 1.33 bits per heavy atom. The van der Waals surface area contributed by atoms with Gasteiger partial charge in [0.15, 0.2) is 0 Å². The van der Waals surface area contributed by atoms with Crippen LogP contribution in [-0.2, 0) is 11.3 Å².